The van der Waals surface area contributed by atoms with Crippen LogP contribution in [0.1, 0.15) is 116 Å². The highest BCUT2D eigenvalue weighted by atomic mass is 35.5. The predicted octanol–water partition coefficient (Wildman–Crippen LogP) is 15.3. The molecule has 9 aromatic carbocycles. The molecule has 6 amide bonds. The highest BCUT2D eigenvalue weighted by Crippen LogP contribution is 2.58. The van der Waals surface area contributed by atoms with Gasteiger partial charge in [0.05, 0.1) is 35.3 Å². The van der Waals surface area contributed by atoms with Crippen LogP contribution in [0.15, 0.2) is 145 Å². The van der Waals surface area contributed by atoms with Crippen molar-refractivity contribution in [1.82, 2.24) is 20.4 Å². The minimum Gasteiger partial charge on any atom is -0.460 e. The number of ether oxygens (including phenoxy) is 6. The van der Waals surface area contributed by atoms with E-state index in [0.29, 0.717) is 70.9 Å². The van der Waals surface area contributed by atoms with Gasteiger partial charge in [0.25, 0.3) is 23.6 Å². The van der Waals surface area contributed by atoms with Crippen molar-refractivity contribution < 1.29 is 66.8 Å². The Labute approximate surface area is 551 Å². The number of hydrogen-bond donors (Lipinski definition) is 2. The van der Waals surface area contributed by atoms with Gasteiger partial charge in [-0.3, -0.25) is 38.6 Å². The Morgan fingerprint density at radius 2 is 0.681 bits per heavy atom. The first-order valence-electron chi connectivity index (χ1n) is 30.9. The third-order valence-corrected chi connectivity index (χ3v) is 17.1. The summed E-state index contributed by atoms with van der Waals surface area (Å²) in [4.78, 5) is 120. The van der Waals surface area contributed by atoms with Gasteiger partial charge in [-0.05, 0) is 111 Å². The van der Waals surface area contributed by atoms with Gasteiger partial charge in [0.2, 0.25) is 11.8 Å². The lowest BCUT2D eigenvalue weighted by Gasteiger charge is -2.36. The summed E-state index contributed by atoms with van der Waals surface area (Å²) in [6.45, 7) is 17.1. The van der Waals surface area contributed by atoms with Gasteiger partial charge < -0.3 is 39.1 Å². The molecule has 18 nitrogen and oxygen atoms in total. The fourth-order valence-corrected chi connectivity index (χ4v) is 12.3. The summed E-state index contributed by atoms with van der Waals surface area (Å²) in [5.41, 5.74) is 2.67. The van der Waals surface area contributed by atoms with Crippen molar-refractivity contribution in [3.05, 3.63) is 189 Å². The molecule has 0 bridgehead atoms. The van der Waals surface area contributed by atoms with Crippen molar-refractivity contribution in [2.45, 2.75) is 92.2 Å². The number of benzene rings is 9. The zero-order valence-electron chi connectivity index (χ0n) is 52.6. The highest BCUT2D eigenvalue weighted by molar-refractivity contribution is 6.45. The molecule has 11 rings (SSSR count). The van der Waals surface area contributed by atoms with Gasteiger partial charge in [-0.25, -0.2) is 9.59 Å². The Morgan fingerprint density at radius 1 is 0.415 bits per heavy atom. The van der Waals surface area contributed by atoms with Crippen LogP contribution >= 0.6 is 23.2 Å². The molecule has 2 N–H and O–H groups in total. The standard InChI is InChI=1S/C74H66Cl2N4O14/c1-9-11-25-49(67(81)77-31-33-89-73(87)43(7)75)79-69(83)45-35-55(91-51-27-17-13-21-39(51)3)61-63-57(93-53-29-19-15-23-41(53)5)37-47-60-48(72(86)80(71(47)85)50(26-12-10-2)68(82)78-32-34-90-74(88)44(8)76)38-58(94-54-30-20-16-24-42(54)6)64(66(60)63)62-56(92-52-28-18-14-22-40(52)4)36-46(70(79)84)59(45)65(61)62/h13-24,27-30,35-38,49-50H,7-12,25-26,31-34H2,1-6H3,(H,77,81)(H,78,82). The van der Waals surface area contributed by atoms with E-state index < -0.39 is 59.5 Å². The van der Waals surface area contributed by atoms with Crippen LogP contribution in [0, 0.1) is 27.7 Å². The van der Waals surface area contributed by atoms with E-state index in [0.717, 1.165) is 9.80 Å². The summed E-state index contributed by atoms with van der Waals surface area (Å²) in [6.07, 6.45) is 2.10. The number of unbranched alkanes of at least 4 members (excludes halogenated alkanes) is 2. The molecule has 480 valence electrons. The number of fused-ring (bicyclic) bond motifs is 2. The van der Waals surface area contributed by atoms with E-state index in [4.69, 9.17) is 51.6 Å². The fraction of sp³-hybridized carbons (Fsp3) is 0.243. The second-order valence-corrected chi connectivity index (χ2v) is 24.0. The molecule has 94 heavy (non-hydrogen) atoms. The number of rotatable bonds is 26. The molecule has 0 fully saturated rings. The number of carbonyl (C=O) groups excluding carboxylic acids is 8. The molecule has 0 aliphatic carbocycles. The molecule has 0 spiro atoms. The molecule has 9 aromatic rings. The molecule has 2 aliphatic heterocycles. The molecule has 2 atom stereocenters. The summed E-state index contributed by atoms with van der Waals surface area (Å²) < 4.78 is 39.1. The van der Waals surface area contributed by atoms with Gasteiger partial charge in [0.15, 0.2) is 0 Å². The minimum atomic E-state index is -1.39. The maximum absolute atomic E-state index is 16.1. The molecular formula is C74H66Cl2N4O14. The number of imide groups is 2. The van der Waals surface area contributed by atoms with Gasteiger partial charge in [0, 0.05) is 43.1 Å². The van der Waals surface area contributed by atoms with Crippen LogP contribution in [0.4, 0.5) is 0 Å². The molecule has 20 heteroatoms. The number of aryl methyl sites for hydroxylation is 4. The van der Waals surface area contributed by atoms with Crippen molar-refractivity contribution >= 4 is 114 Å². The Bertz CT molecular complexity index is 4140. The summed E-state index contributed by atoms with van der Waals surface area (Å²) in [6, 6.07) is 32.4. The first kappa shape index (κ1) is 65.2. The van der Waals surface area contributed by atoms with Crippen LogP contribution in [-0.2, 0) is 28.7 Å². The Morgan fingerprint density at radius 3 is 0.926 bits per heavy atom. The van der Waals surface area contributed by atoms with Crippen LogP contribution in [0.2, 0.25) is 0 Å². The van der Waals surface area contributed by atoms with Crippen LogP contribution < -0.4 is 29.6 Å². The Kier molecular flexibility index (Phi) is 19.1. The van der Waals surface area contributed by atoms with Gasteiger partial charge in [-0.2, -0.15) is 0 Å². The number of nitrogens with one attached hydrogen (secondary N) is 2. The first-order chi connectivity index (χ1) is 45.2. The smallest absolute Gasteiger partial charge is 0.349 e. The molecule has 2 unspecified atom stereocenters. The normalized spacial score (nSPS) is 13.3. The van der Waals surface area contributed by atoms with E-state index in [-0.39, 0.29) is 138 Å². The molecule has 0 saturated carbocycles. The maximum atomic E-state index is 16.1. The molecule has 2 aliphatic rings. The quantitative estimate of drug-likeness (QED) is 0.0129. The number of nitrogens with zero attached hydrogens (tertiary/aromatic N) is 2. The maximum Gasteiger partial charge on any atom is 0.349 e. The van der Waals surface area contributed by atoms with E-state index in [9.17, 15) is 19.2 Å². The van der Waals surface area contributed by atoms with Crippen molar-refractivity contribution in [2.75, 3.05) is 26.3 Å². The number of amides is 6. The third kappa shape index (κ3) is 12.3. The predicted molar refractivity (Wildman–Crippen MR) is 358 cm³/mol. The molecule has 0 radical (unpaired) electrons. The fourth-order valence-electron chi connectivity index (χ4n) is 12.2. The lowest BCUT2D eigenvalue weighted by atomic mass is 9.80. The largest absolute Gasteiger partial charge is 0.460 e. The van der Waals surface area contributed by atoms with E-state index >= 15 is 19.2 Å². The van der Waals surface area contributed by atoms with Crippen LogP contribution in [-0.4, -0.2) is 95.6 Å². The number of hydrogen-bond acceptors (Lipinski definition) is 14. The summed E-state index contributed by atoms with van der Waals surface area (Å²) in [7, 11) is 0. The summed E-state index contributed by atoms with van der Waals surface area (Å²) in [5, 5.41) is 6.67. The zero-order valence-corrected chi connectivity index (χ0v) is 54.1. The lowest BCUT2D eigenvalue weighted by Crippen LogP contribution is -2.54. The molecule has 2 heterocycles. The van der Waals surface area contributed by atoms with E-state index in [2.05, 4.69) is 23.8 Å². The second-order valence-electron chi connectivity index (χ2n) is 23.1. The highest BCUT2D eigenvalue weighted by Gasteiger charge is 2.46. The Balaban J connectivity index is 1.28. The average molecular weight is 1310 g/mol. The van der Waals surface area contributed by atoms with Crippen LogP contribution in [0.3, 0.4) is 0 Å². The second kappa shape index (κ2) is 27.5. The van der Waals surface area contributed by atoms with Crippen molar-refractivity contribution in [3.8, 4) is 46.0 Å². The molecule has 0 saturated heterocycles. The first-order valence-corrected chi connectivity index (χ1v) is 31.6. The third-order valence-electron chi connectivity index (χ3n) is 16.8. The topological polar surface area (TPSA) is 222 Å². The van der Waals surface area contributed by atoms with E-state index in [1.54, 1.807) is 72.8 Å². The zero-order chi connectivity index (χ0) is 66.8. The van der Waals surface area contributed by atoms with Gasteiger partial charge >= 0.3 is 11.9 Å². The van der Waals surface area contributed by atoms with E-state index in [1.165, 1.54) is 0 Å². The molecular weight excluding hydrogens is 1240 g/mol. The number of carbonyl (C=O) groups is 8. The summed E-state index contributed by atoms with van der Waals surface area (Å²) in [5.74, 6) is -4.76. The van der Waals surface area contributed by atoms with Gasteiger partial charge in [0.1, 0.15) is 81.4 Å². The van der Waals surface area contributed by atoms with Crippen LogP contribution in [0.5, 0.6) is 46.0 Å². The number of para-hydroxylation sites is 4. The minimum absolute atomic E-state index is 0.0265. The van der Waals surface area contributed by atoms with Gasteiger partial charge in [-0.15, -0.1) is 0 Å². The van der Waals surface area contributed by atoms with Crippen molar-refractivity contribution in [1.29, 1.82) is 0 Å². The monoisotopic (exact) mass is 1300 g/mol. The van der Waals surface area contributed by atoms with Crippen LogP contribution in [0.25, 0.3) is 43.1 Å². The van der Waals surface area contributed by atoms with Gasteiger partial charge in [-0.1, -0.05) is 149 Å². The number of esters is 2. The molecule has 0 aromatic heterocycles. The number of halogens is 2. The van der Waals surface area contributed by atoms with Crippen molar-refractivity contribution in [2.24, 2.45) is 0 Å². The SMILES string of the molecule is C=C(Cl)C(=O)OCCNC(=O)C(CCCC)N1C(=O)c2cc(Oc3ccccc3C)c3c4c(Oc5ccccc5C)cc5c6c(cc(Oc7ccccc7C)c(c7c(Oc8ccccc8C)cc(c2c37)C1=O)c64)C(=O)N(C(CCCC)C(=O)NCCOC(=O)C(=C)Cl)C5=O. The average Bonchev–Trinajstić information content (AvgIpc) is 0.672. The summed E-state index contributed by atoms with van der Waals surface area (Å²) >= 11 is 11.5. The Hall–Kier alpha value is -10.3. The van der Waals surface area contributed by atoms with E-state index in [1.807, 2.05) is 90.1 Å². The van der Waals surface area contributed by atoms with Crippen molar-refractivity contribution in [3.63, 3.8) is 0 Å². The lowest BCUT2D eigenvalue weighted by molar-refractivity contribution is -0.139.